The summed E-state index contributed by atoms with van der Waals surface area (Å²) in [5.41, 5.74) is 7.58. The summed E-state index contributed by atoms with van der Waals surface area (Å²) < 4.78 is 5.53. The van der Waals surface area contributed by atoms with Crippen LogP contribution in [-0.4, -0.2) is 18.1 Å². The van der Waals surface area contributed by atoms with E-state index >= 15 is 0 Å². The molecule has 0 aliphatic carbocycles. The van der Waals surface area contributed by atoms with Gasteiger partial charge in [0.25, 0.3) is 0 Å². The molecule has 1 aromatic carbocycles. The van der Waals surface area contributed by atoms with Gasteiger partial charge in [0.15, 0.2) is 0 Å². The van der Waals surface area contributed by atoms with Gasteiger partial charge in [-0.25, -0.2) is 0 Å². The van der Waals surface area contributed by atoms with Crippen molar-refractivity contribution in [2.75, 3.05) is 24.2 Å². The number of pyridine rings is 1. The number of rotatable bonds is 5. The average molecular weight is 254 g/mol. The molecule has 0 radical (unpaired) electrons. The molecule has 0 saturated carbocycles. The smallest absolute Gasteiger partial charge is 0.119 e. The maximum atomic E-state index is 8.92. The van der Waals surface area contributed by atoms with Gasteiger partial charge in [0.05, 0.1) is 17.4 Å². The van der Waals surface area contributed by atoms with Crippen LogP contribution in [0, 0.1) is 11.3 Å². The Morgan fingerprint density at radius 3 is 2.79 bits per heavy atom. The van der Waals surface area contributed by atoms with Gasteiger partial charge in [-0.3, -0.25) is 4.98 Å². The molecule has 0 amide bonds. The average Bonchev–Trinajstić information content (AvgIpc) is 2.46. The predicted octanol–water partition coefficient (Wildman–Crippen LogP) is 2.03. The van der Waals surface area contributed by atoms with Gasteiger partial charge >= 0.3 is 0 Å². The number of nitriles is 1. The van der Waals surface area contributed by atoms with Crippen molar-refractivity contribution in [2.24, 2.45) is 0 Å². The van der Waals surface area contributed by atoms with E-state index in [0.717, 1.165) is 5.75 Å². The molecule has 0 fully saturated rings. The minimum absolute atomic E-state index is 0.490. The summed E-state index contributed by atoms with van der Waals surface area (Å²) in [6.07, 6.45) is 3.22. The van der Waals surface area contributed by atoms with Crippen LogP contribution < -0.4 is 15.8 Å². The number of nitrogen functional groups attached to an aromatic ring is 1. The molecule has 1 heterocycles. The molecule has 1 aromatic heterocycles. The Hall–Kier alpha value is -2.74. The monoisotopic (exact) mass is 254 g/mol. The summed E-state index contributed by atoms with van der Waals surface area (Å²) in [7, 11) is 0. The van der Waals surface area contributed by atoms with Crippen LogP contribution in [-0.2, 0) is 0 Å². The van der Waals surface area contributed by atoms with Crippen molar-refractivity contribution < 1.29 is 4.74 Å². The molecule has 0 saturated heterocycles. The molecule has 0 aliphatic rings. The first-order valence-corrected chi connectivity index (χ1v) is 5.86. The molecule has 0 aliphatic heterocycles. The van der Waals surface area contributed by atoms with Crippen molar-refractivity contribution in [1.82, 2.24) is 4.98 Å². The van der Waals surface area contributed by atoms with Gasteiger partial charge in [-0.2, -0.15) is 5.26 Å². The second kappa shape index (κ2) is 6.26. The van der Waals surface area contributed by atoms with Gasteiger partial charge in [0, 0.05) is 18.4 Å². The molecular weight excluding hydrogens is 240 g/mol. The van der Waals surface area contributed by atoms with Crippen molar-refractivity contribution in [3.8, 4) is 11.8 Å². The molecule has 96 valence electrons. The molecule has 5 heteroatoms. The molecule has 3 N–H and O–H groups in total. The molecule has 5 nitrogen and oxygen atoms in total. The topological polar surface area (TPSA) is 84.0 Å². The number of hydrogen-bond donors (Lipinski definition) is 2. The number of ether oxygens (including phenoxy) is 1. The van der Waals surface area contributed by atoms with Gasteiger partial charge < -0.3 is 15.8 Å². The normalized spacial score (nSPS) is 9.63. The SMILES string of the molecule is N#Cc1ccncc1NCCOc1ccc(N)cc1. The lowest BCUT2D eigenvalue weighted by atomic mass is 10.2. The van der Waals surface area contributed by atoms with Crippen LogP contribution in [0.2, 0.25) is 0 Å². The third-order valence-corrected chi connectivity index (χ3v) is 2.51. The van der Waals surface area contributed by atoms with E-state index in [9.17, 15) is 0 Å². The van der Waals surface area contributed by atoms with E-state index in [1.807, 2.05) is 12.1 Å². The first kappa shape index (κ1) is 12.7. The van der Waals surface area contributed by atoms with Crippen molar-refractivity contribution in [3.05, 3.63) is 48.3 Å². The van der Waals surface area contributed by atoms with Crippen molar-refractivity contribution in [1.29, 1.82) is 5.26 Å². The number of nitrogens with zero attached hydrogens (tertiary/aromatic N) is 2. The highest BCUT2D eigenvalue weighted by atomic mass is 16.5. The van der Waals surface area contributed by atoms with Gasteiger partial charge in [-0.1, -0.05) is 0 Å². The van der Waals surface area contributed by atoms with Crippen LogP contribution >= 0.6 is 0 Å². The Bertz CT molecular complexity index is 575. The third kappa shape index (κ3) is 3.61. The van der Waals surface area contributed by atoms with Crippen LogP contribution in [0.5, 0.6) is 5.75 Å². The van der Waals surface area contributed by atoms with Gasteiger partial charge in [0.1, 0.15) is 18.4 Å². The Kier molecular flexibility index (Phi) is 4.19. The van der Waals surface area contributed by atoms with E-state index in [1.165, 1.54) is 0 Å². The van der Waals surface area contributed by atoms with Crippen molar-refractivity contribution in [2.45, 2.75) is 0 Å². The molecule has 0 unspecified atom stereocenters. The van der Waals surface area contributed by atoms with Crippen LogP contribution in [0.3, 0.4) is 0 Å². The highest BCUT2D eigenvalue weighted by molar-refractivity contribution is 5.55. The predicted molar refractivity (Wildman–Crippen MR) is 73.8 cm³/mol. The van der Waals surface area contributed by atoms with Gasteiger partial charge in [-0.15, -0.1) is 0 Å². The standard InChI is InChI=1S/C14H14N4O/c15-9-11-5-6-17-10-14(11)18-7-8-19-13-3-1-12(16)2-4-13/h1-6,10,18H,7-8,16H2. The van der Waals surface area contributed by atoms with Crippen LogP contribution in [0.1, 0.15) is 5.56 Å². The summed E-state index contributed by atoms with van der Waals surface area (Å²) >= 11 is 0. The first-order chi connectivity index (χ1) is 9.29. The summed E-state index contributed by atoms with van der Waals surface area (Å²) in [5, 5.41) is 12.0. The summed E-state index contributed by atoms with van der Waals surface area (Å²) in [5.74, 6) is 0.766. The van der Waals surface area contributed by atoms with E-state index in [-0.39, 0.29) is 0 Å². The Morgan fingerprint density at radius 2 is 2.05 bits per heavy atom. The number of anilines is 2. The zero-order valence-corrected chi connectivity index (χ0v) is 10.3. The maximum absolute atomic E-state index is 8.92. The molecular formula is C14H14N4O. The Morgan fingerprint density at radius 1 is 1.26 bits per heavy atom. The third-order valence-electron chi connectivity index (χ3n) is 2.51. The number of nitrogens with two attached hydrogens (primary N) is 1. The summed E-state index contributed by atoms with van der Waals surface area (Å²) in [6.45, 7) is 1.08. The zero-order valence-electron chi connectivity index (χ0n) is 10.3. The van der Waals surface area contributed by atoms with Gasteiger partial charge in [-0.05, 0) is 30.3 Å². The number of benzene rings is 1. The number of aromatic nitrogens is 1. The highest BCUT2D eigenvalue weighted by Crippen LogP contribution is 2.13. The molecule has 2 aromatic rings. The fourth-order valence-corrected chi connectivity index (χ4v) is 1.55. The fraction of sp³-hybridized carbons (Fsp3) is 0.143. The van der Waals surface area contributed by atoms with Crippen molar-refractivity contribution in [3.63, 3.8) is 0 Å². The lowest BCUT2D eigenvalue weighted by Crippen LogP contribution is -2.12. The van der Waals surface area contributed by atoms with E-state index < -0.39 is 0 Å². The second-order valence-electron chi connectivity index (χ2n) is 3.88. The van der Waals surface area contributed by atoms with E-state index in [4.69, 9.17) is 15.7 Å². The largest absolute Gasteiger partial charge is 0.492 e. The minimum Gasteiger partial charge on any atom is -0.492 e. The second-order valence-corrected chi connectivity index (χ2v) is 3.88. The number of nitrogens with one attached hydrogen (secondary N) is 1. The Balaban J connectivity index is 1.81. The molecule has 19 heavy (non-hydrogen) atoms. The van der Waals surface area contributed by atoms with Gasteiger partial charge in [0.2, 0.25) is 0 Å². The van der Waals surface area contributed by atoms with Crippen molar-refractivity contribution >= 4 is 11.4 Å². The molecule has 2 rings (SSSR count). The first-order valence-electron chi connectivity index (χ1n) is 5.86. The summed E-state index contributed by atoms with van der Waals surface area (Å²) in [4.78, 5) is 3.97. The Labute approximate surface area is 111 Å². The zero-order chi connectivity index (χ0) is 13.5. The van der Waals surface area contributed by atoms with E-state index in [2.05, 4.69) is 16.4 Å². The molecule has 0 spiro atoms. The highest BCUT2D eigenvalue weighted by Gasteiger charge is 2.00. The summed E-state index contributed by atoms with van der Waals surface area (Å²) in [6, 6.07) is 11.0. The lowest BCUT2D eigenvalue weighted by Gasteiger charge is -2.09. The van der Waals surface area contributed by atoms with E-state index in [0.29, 0.717) is 30.1 Å². The van der Waals surface area contributed by atoms with Crippen LogP contribution in [0.15, 0.2) is 42.7 Å². The van der Waals surface area contributed by atoms with Crippen LogP contribution in [0.25, 0.3) is 0 Å². The molecule has 0 bridgehead atoms. The fourth-order valence-electron chi connectivity index (χ4n) is 1.55. The number of hydrogen-bond acceptors (Lipinski definition) is 5. The van der Waals surface area contributed by atoms with Crippen LogP contribution in [0.4, 0.5) is 11.4 Å². The van der Waals surface area contributed by atoms with E-state index in [1.54, 1.807) is 30.6 Å². The maximum Gasteiger partial charge on any atom is 0.119 e. The molecule has 0 atom stereocenters. The minimum atomic E-state index is 0.490. The lowest BCUT2D eigenvalue weighted by molar-refractivity contribution is 0.333. The quantitative estimate of drug-likeness (QED) is 0.630.